The second-order valence-corrected chi connectivity index (χ2v) is 22.7. The van der Waals surface area contributed by atoms with E-state index in [0.717, 1.165) is 50.6 Å². The molecule has 1 aliphatic rings. The molecule has 9 rings (SSSR count). The predicted molar refractivity (Wildman–Crippen MR) is 279 cm³/mol. The number of aromatic nitrogens is 2. The van der Waals surface area contributed by atoms with E-state index in [1.165, 1.54) is 49.9 Å². The number of anilines is 4. The number of benzene rings is 6. The standard InChI is InChI=1S/C61H65N4O.Pt/c1-38-26-39(2)57(40(3)27-38)41-28-46(63-37-64(54-19-17-16-18-53(54)63)47-31-44(60(10,11)12)30-45(32-47)61(13,14)15)35-49(29-41)66-48-21-22-50-51-33-42(58(4,5)6)20-23-52(51)65(55(50)36-48)56-34-43(24-25-62-56)59(7,8)9;/h16-34,37H,1-15H3;/q-3;. The van der Waals surface area contributed by atoms with Crippen molar-refractivity contribution in [3.63, 3.8) is 0 Å². The zero-order chi connectivity index (χ0) is 47.2. The second-order valence-electron chi connectivity index (χ2n) is 22.7. The van der Waals surface area contributed by atoms with Gasteiger partial charge in [0.2, 0.25) is 0 Å². The Morgan fingerprint density at radius 2 is 1.13 bits per heavy atom. The smallest absolute Gasteiger partial charge is 0.135 e. The largest absolute Gasteiger partial charge is 0.509 e. The molecule has 3 heterocycles. The zero-order valence-electron chi connectivity index (χ0n) is 42.1. The van der Waals surface area contributed by atoms with Crippen LogP contribution in [0.3, 0.4) is 0 Å². The van der Waals surface area contributed by atoms with E-state index >= 15 is 0 Å². The Hall–Kier alpha value is -5.64. The summed E-state index contributed by atoms with van der Waals surface area (Å²) in [5.41, 5.74) is 17.1. The van der Waals surface area contributed by atoms with Gasteiger partial charge in [0.05, 0.1) is 0 Å². The van der Waals surface area contributed by atoms with Gasteiger partial charge in [0.15, 0.2) is 0 Å². The monoisotopic (exact) mass is 1060 g/mol. The summed E-state index contributed by atoms with van der Waals surface area (Å²) < 4.78 is 9.25. The summed E-state index contributed by atoms with van der Waals surface area (Å²) in [5.74, 6) is 2.07. The Morgan fingerprint density at radius 3 is 1.75 bits per heavy atom. The maximum absolute atomic E-state index is 7.00. The minimum Gasteiger partial charge on any atom is -0.509 e. The van der Waals surface area contributed by atoms with Crippen LogP contribution in [0.1, 0.15) is 122 Å². The number of nitrogens with zero attached hydrogens (tertiary/aromatic N) is 4. The first-order chi connectivity index (χ1) is 30.9. The molecule has 0 spiro atoms. The number of aryl methyl sites for hydroxylation is 3. The first kappa shape index (κ1) is 47.8. The molecule has 0 amide bonds. The van der Waals surface area contributed by atoms with Gasteiger partial charge in [0.1, 0.15) is 5.82 Å². The molecule has 6 heteroatoms. The van der Waals surface area contributed by atoms with Crippen molar-refractivity contribution in [2.24, 2.45) is 0 Å². The molecule has 348 valence electrons. The maximum Gasteiger partial charge on any atom is 0.135 e. The molecule has 0 saturated heterocycles. The summed E-state index contributed by atoms with van der Waals surface area (Å²) in [7, 11) is 0. The Kier molecular flexibility index (Phi) is 12.2. The number of pyridine rings is 1. The molecule has 0 radical (unpaired) electrons. The van der Waals surface area contributed by atoms with E-state index in [-0.39, 0.29) is 42.7 Å². The SMILES string of the molecule is Cc1cc(C)c(-c2cc(Oc3[c-]c4c(cc3)c3cc(C(C)(C)C)ccc3n4-c3cc(C(C)(C)C)ccn3)[c-]c(N3[CH-]N(c4cc(C(C)(C)C)cc(C(C)(C)C)c4)c4ccccc43)c2)c(C)c1.[Pt]. The molecular weight excluding hydrogens is 1000 g/mol. The van der Waals surface area contributed by atoms with Gasteiger partial charge < -0.3 is 19.1 Å². The normalized spacial score (nSPS) is 13.4. The third-order valence-electron chi connectivity index (χ3n) is 13.2. The Morgan fingerprint density at radius 1 is 0.537 bits per heavy atom. The minimum absolute atomic E-state index is 0. The molecule has 5 nitrogen and oxygen atoms in total. The number of fused-ring (bicyclic) bond motifs is 4. The zero-order valence-corrected chi connectivity index (χ0v) is 44.3. The summed E-state index contributed by atoms with van der Waals surface area (Å²) in [6, 6.07) is 47.5. The maximum atomic E-state index is 7.00. The van der Waals surface area contributed by atoms with Gasteiger partial charge in [0, 0.05) is 61.3 Å². The molecule has 2 aromatic heterocycles. The van der Waals surface area contributed by atoms with Crippen LogP contribution in [0.4, 0.5) is 22.7 Å². The van der Waals surface area contributed by atoms with Gasteiger partial charge in [-0.15, -0.1) is 53.6 Å². The third kappa shape index (κ3) is 9.21. The van der Waals surface area contributed by atoms with Gasteiger partial charge >= 0.3 is 0 Å². The Balaban J connectivity index is 0.00000608. The van der Waals surface area contributed by atoms with Gasteiger partial charge in [-0.2, -0.15) is 6.07 Å². The molecule has 0 aliphatic carbocycles. The van der Waals surface area contributed by atoms with Crippen molar-refractivity contribution in [3.05, 3.63) is 173 Å². The molecule has 0 bridgehead atoms. The first-order valence-corrected chi connectivity index (χ1v) is 23.4. The van der Waals surface area contributed by atoms with Crippen molar-refractivity contribution < 1.29 is 25.8 Å². The quantitative estimate of drug-likeness (QED) is 0.155. The van der Waals surface area contributed by atoms with Crippen LogP contribution in [0, 0.1) is 39.6 Å². The van der Waals surface area contributed by atoms with Gasteiger partial charge in [-0.05, 0) is 129 Å². The van der Waals surface area contributed by atoms with E-state index < -0.39 is 0 Å². The van der Waals surface area contributed by atoms with Crippen LogP contribution in [0.25, 0.3) is 38.8 Å². The van der Waals surface area contributed by atoms with Crippen molar-refractivity contribution >= 4 is 44.6 Å². The predicted octanol–water partition coefficient (Wildman–Crippen LogP) is 16.8. The molecule has 0 fully saturated rings. The van der Waals surface area contributed by atoms with E-state index in [2.05, 4.69) is 240 Å². The summed E-state index contributed by atoms with van der Waals surface area (Å²) in [4.78, 5) is 9.56. The Bertz CT molecular complexity index is 3130. The molecule has 67 heavy (non-hydrogen) atoms. The summed E-state index contributed by atoms with van der Waals surface area (Å²) in [6.45, 7) is 36.1. The van der Waals surface area contributed by atoms with E-state index in [0.29, 0.717) is 11.5 Å². The number of rotatable bonds is 6. The molecule has 1 aliphatic heterocycles. The van der Waals surface area contributed by atoms with Gasteiger partial charge in [0.25, 0.3) is 0 Å². The van der Waals surface area contributed by atoms with Crippen molar-refractivity contribution in [1.82, 2.24) is 9.55 Å². The van der Waals surface area contributed by atoms with Crippen molar-refractivity contribution in [2.75, 3.05) is 9.80 Å². The Labute approximate surface area is 414 Å². The van der Waals surface area contributed by atoms with Gasteiger partial charge in [-0.25, -0.2) is 4.98 Å². The van der Waals surface area contributed by atoms with Crippen molar-refractivity contribution in [2.45, 2.75) is 126 Å². The van der Waals surface area contributed by atoms with Crippen LogP contribution < -0.4 is 14.5 Å². The fourth-order valence-corrected chi connectivity index (χ4v) is 9.43. The number of para-hydroxylation sites is 2. The summed E-state index contributed by atoms with van der Waals surface area (Å²) in [5, 5.41) is 2.27. The molecular formula is C61H65N4OPt-3. The van der Waals surface area contributed by atoms with Crippen molar-refractivity contribution in [3.8, 4) is 28.4 Å². The van der Waals surface area contributed by atoms with Crippen LogP contribution in [0.5, 0.6) is 11.5 Å². The molecule has 0 atom stereocenters. The van der Waals surface area contributed by atoms with E-state index in [9.17, 15) is 0 Å². The van der Waals surface area contributed by atoms with Crippen LogP contribution in [-0.4, -0.2) is 9.55 Å². The average Bonchev–Trinajstić information content (AvgIpc) is 3.78. The van der Waals surface area contributed by atoms with Crippen LogP contribution >= 0.6 is 0 Å². The van der Waals surface area contributed by atoms with E-state index in [4.69, 9.17) is 9.72 Å². The number of ether oxygens (including phenoxy) is 1. The molecule has 8 aromatic rings. The minimum atomic E-state index is -0.0449. The number of hydrogen-bond acceptors (Lipinski definition) is 4. The van der Waals surface area contributed by atoms with Gasteiger partial charge in [-0.1, -0.05) is 137 Å². The molecule has 0 N–H and O–H groups in total. The fraction of sp³-hybridized carbons (Fsp3) is 0.311. The van der Waals surface area contributed by atoms with Crippen LogP contribution in [0.15, 0.2) is 115 Å². The molecule has 0 saturated carbocycles. The van der Waals surface area contributed by atoms with E-state index in [1.807, 2.05) is 12.3 Å². The van der Waals surface area contributed by atoms with Crippen molar-refractivity contribution in [1.29, 1.82) is 0 Å². The van der Waals surface area contributed by atoms with E-state index in [1.54, 1.807) is 0 Å². The third-order valence-corrected chi connectivity index (χ3v) is 13.2. The summed E-state index contributed by atoms with van der Waals surface area (Å²) >= 11 is 0. The van der Waals surface area contributed by atoms with Crippen LogP contribution in [0.2, 0.25) is 0 Å². The first-order valence-electron chi connectivity index (χ1n) is 23.4. The van der Waals surface area contributed by atoms with Crippen LogP contribution in [-0.2, 0) is 42.7 Å². The average molecular weight is 1070 g/mol. The molecule has 6 aromatic carbocycles. The molecule has 0 unspecified atom stereocenters. The number of hydrogen-bond donors (Lipinski definition) is 0. The fourth-order valence-electron chi connectivity index (χ4n) is 9.43. The topological polar surface area (TPSA) is 33.5 Å². The second kappa shape index (κ2) is 17.1. The summed E-state index contributed by atoms with van der Waals surface area (Å²) in [6.07, 6.45) is 1.92. The van der Waals surface area contributed by atoms with Gasteiger partial charge in [-0.3, -0.25) is 0 Å².